The molecule has 4 nitrogen and oxygen atoms in total. The molecule has 4 heteroatoms. The van der Waals surface area contributed by atoms with E-state index < -0.39 is 0 Å². The van der Waals surface area contributed by atoms with Crippen molar-refractivity contribution in [3.8, 4) is 0 Å². The van der Waals surface area contributed by atoms with Crippen molar-refractivity contribution in [2.75, 3.05) is 13.1 Å². The molecule has 1 aromatic rings. The van der Waals surface area contributed by atoms with Gasteiger partial charge in [0.25, 0.3) is 0 Å². The van der Waals surface area contributed by atoms with Gasteiger partial charge in [0.05, 0.1) is 0 Å². The Morgan fingerprint density at radius 1 is 1.50 bits per heavy atom. The normalized spacial score (nSPS) is 24.2. The molecule has 0 aliphatic carbocycles. The van der Waals surface area contributed by atoms with Gasteiger partial charge < -0.3 is 9.73 Å². The summed E-state index contributed by atoms with van der Waals surface area (Å²) in [6, 6.07) is 0. The largest absolute Gasteiger partial charge is 0.425 e. The van der Waals surface area contributed by atoms with E-state index in [4.69, 9.17) is 4.42 Å². The van der Waals surface area contributed by atoms with Gasteiger partial charge >= 0.3 is 0 Å². The minimum absolute atomic E-state index is 0.431. The van der Waals surface area contributed by atoms with Crippen molar-refractivity contribution in [1.82, 2.24) is 15.5 Å². The number of hydrogen-bond acceptors (Lipinski definition) is 4. The first-order valence-corrected chi connectivity index (χ1v) is 4.37. The Labute approximate surface area is 71.4 Å². The molecule has 2 heterocycles. The summed E-state index contributed by atoms with van der Waals surface area (Å²) < 4.78 is 5.36. The Hall–Kier alpha value is -0.900. The van der Waals surface area contributed by atoms with Crippen molar-refractivity contribution in [1.29, 1.82) is 0 Å². The van der Waals surface area contributed by atoms with Crippen LogP contribution in [-0.2, 0) is 0 Å². The van der Waals surface area contributed by atoms with Crippen LogP contribution >= 0.6 is 0 Å². The molecule has 1 atom stereocenters. The summed E-state index contributed by atoms with van der Waals surface area (Å²) in [7, 11) is 0. The first-order valence-electron chi connectivity index (χ1n) is 4.37. The van der Waals surface area contributed by atoms with Crippen LogP contribution in [0.1, 0.15) is 30.5 Å². The van der Waals surface area contributed by atoms with E-state index in [2.05, 4.69) is 15.5 Å². The smallest absolute Gasteiger partial charge is 0.220 e. The summed E-state index contributed by atoms with van der Waals surface area (Å²) in [6.45, 7) is 3.91. The van der Waals surface area contributed by atoms with Crippen LogP contribution in [0.2, 0.25) is 0 Å². The number of nitrogens with one attached hydrogen (secondary N) is 1. The summed E-state index contributed by atoms with van der Waals surface area (Å²) in [5, 5.41) is 11.1. The topological polar surface area (TPSA) is 51.0 Å². The molecule has 1 saturated heterocycles. The number of rotatable bonds is 1. The highest BCUT2D eigenvalue weighted by Crippen LogP contribution is 2.21. The van der Waals surface area contributed by atoms with Crippen LogP contribution in [0, 0.1) is 6.92 Å². The van der Waals surface area contributed by atoms with E-state index in [9.17, 15) is 0 Å². The van der Waals surface area contributed by atoms with Crippen molar-refractivity contribution in [2.45, 2.75) is 25.7 Å². The van der Waals surface area contributed by atoms with E-state index in [0.717, 1.165) is 25.4 Å². The number of nitrogens with zero attached hydrogens (tertiary/aromatic N) is 2. The first kappa shape index (κ1) is 7.73. The Bertz CT molecular complexity index is 253. The molecular weight excluding hydrogens is 154 g/mol. The lowest BCUT2D eigenvalue weighted by Gasteiger charge is -2.18. The molecule has 0 amide bonds. The second kappa shape index (κ2) is 3.23. The second-order valence-electron chi connectivity index (χ2n) is 3.20. The van der Waals surface area contributed by atoms with Gasteiger partial charge in [-0.2, -0.15) is 0 Å². The van der Waals surface area contributed by atoms with E-state index in [1.807, 2.05) is 6.92 Å². The summed E-state index contributed by atoms with van der Waals surface area (Å²) in [4.78, 5) is 0. The van der Waals surface area contributed by atoms with E-state index in [0.29, 0.717) is 11.8 Å². The lowest BCUT2D eigenvalue weighted by Crippen LogP contribution is -2.28. The molecule has 0 radical (unpaired) electrons. The fraction of sp³-hybridized carbons (Fsp3) is 0.750. The van der Waals surface area contributed by atoms with E-state index in [1.165, 1.54) is 6.42 Å². The van der Waals surface area contributed by atoms with E-state index in [-0.39, 0.29) is 0 Å². The highest BCUT2D eigenvalue weighted by atomic mass is 16.4. The molecule has 0 bridgehead atoms. The quantitative estimate of drug-likeness (QED) is 0.673. The Morgan fingerprint density at radius 3 is 3.00 bits per heavy atom. The molecule has 1 fully saturated rings. The molecule has 1 aromatic heterocycles. The second-order valence-corrected chi connectivity index (χ2v) is 3.20. The highest BCUT2D eigenvalue weighted by molar-refractivity contribution is 4.93. The fourth-order valence-electron chi connectivity index (χ4n) is 1.54. The van der Waals surface area contributed by atoms with Gasteiger partial charge in [0, 0.05) is 19.4 Å². The van der Waals surface area contributed by atoms with Gasteiger partial charge in [-0.1, -0.05) is 0 Å². The molecule has 1 aliphatic heterocycles. The Balaban J connectivity index is 2.08. The molecule has 1 N–H and O–H groups in total. The Morgan fingerprint density at radius 2 is 2.42 bits per heavy atom. The molecule has 0 unspecified atom stereocenters. The van der Waals surface area contributed by atoms with Gasteiger partial charge in [-0.15, -0.1) is 10.2 Å². The maximum absolute atomic E-state index is 5.36. The van der Waals surface area contributed by atoms with Gasteiger partial charge in [0.1, 0.15) is 0 Å². The zero-order valence-corrected chi connectivity index (χ0v) is 7.21. The minimum Gasteiger partial charge on any atom is -0.425 e. The summed E-state index contributed by atoms with van der Waals surface area (Å²) in [6.07, 6.45) is 2.36. The SMILES string of the molecule is Cc1nnc([C@@H]2CCCNC2)o1. The first-order chi connectivity index (χ1) is 5.86. The molecule has 2 rings (SSSR count). The van der Waals surface area contributed by atoms with Crippen molar-refractivity contribution >= 4 is 0 Å². The maximum Gasteiger partial charge on any atom is 0.220 e. The third-order valence-corrected chi connectivity index (χ3v) is 2.19. The molecule has 0 spiro atoms. The molecule has 66 valence electrons. The third-order valence-electron chi connectivity index (χ3n) is 2.19. The van der Waals surface area contributed by atoms with Crippen LogP contribution in [0.25, 0.3) is 0 Å². The third kappa shape index (κ3) is 1.48. The molecule has 12 heavy (non-hydrogen) atoms. The lowest BCUT2D eigenvalue weighted by molar-refractivity contribution is 0.368. The standard InChI is InChI=1S/C8H13N3O/c1-6-10-11-8(12-6)7-3-2-4-9-5-7/h7,9H,2-5H2,1H3/t7-/m1/s1. The van der Waals surface area contributed by atoms with Crippen LogP contribution in [-0.4, -0.2) is 23.3 Å². The van der Waals surface area contributed by atoms with Crippen LogP contribution in [0.3, 0.4) is 0 Å². The van der Waals surface area contributed by atoms with Gasteiger partial charge in [-0.3, -0.25) is 0 Å². The average Bonchev–Trinajstić information content (AvgIpc) is 2.54. The molecule has 0 saturated carbocycles. The van der Waals surface area contributed by atoms with Crippen molar-refractivity contribution < 1.29 is 4.42 Å². The van der Waals surface area contributed by atoms with Crippen molar-refractivity contribution in [3.05, 3.63) is 11.8 Å². The molecule has 0 aromatic carbocycles. The lowest BCUT2D eigenvalue weighted by atomic mass is 10.00. The summed E-state index contributed by atoms with van der Waals surface area (Å²) in [5.41, 5.74) is 0. The van der Waals surface area contributed by atoms with Crippen LogP contribution < -0.4 is 5.32 Å². The summed E-state index contributed by atoms with van der Waals surface area (Å²) >= 11 is 0. The predicted molar refractivity (Wildman–Crippen MR) is 43.9 cm³/mol. The van der Waals surface area contributed by atoms with E-state index in [1.54, 1.807) is 0 Å². The number of aromatic nitrogens is 2. The zero-order valence-electron chi connectivity index (χ0n) is 7.21. The predicted octanol–water partition coefficient (Wildman–Crippen LogP) is 0.845. The van der Waals surface area contributed by atoms with Gasteiger partial charge in [0.2, 0.25) is 11.8 Å². The maximum atomic E-state index is 5.36. The monoisotopic (exact) mass is 167 g/mol. The molecule has 1 aliphatic rings. The van der Waals surface area contributed by atoms with Crippen molar-refractivity contribution in [2.24, 2.45) is 0 Å². The summed E-state index contributed by atoms with van der Waals surface area (Å²) in [5.74, 6) is 1.88. The van der Waals surface area contributed by atoms with Gasteiger partial charge in [-0.05, 0) is 19.4 Å². The fourth-order valence-corrected chi connectivity index (χ4v) is 1.54. The van der Waals surface area contributed by atoms with Crippen molar-refractivity contribution in [3.63, 3.8) is 0 Å². The van der Waals surface area contributed by atoms with Crippen LogP contribution in [0.15, 0.2) is 4.42 Å². The minimum atomic E-state index is 0.431. The van der Waals surface area contributed by atoms with Crippen LogP contribution in [0.5, 0.6) is 0 Å². The van der Waals surface area contributed by atoms with Gasteiger partial charge in [-0.25, -0.2) is 0 Å². The Kier molecular flexibility index (Phi) is 2.08. The van der Waals surface area contributed by atoms with Crippen LogP contribution in [0.4, 0.5) is 0 Å². The number of hydrogen-bond donors (Lipinski definition) is 1. The highest BCUT2D eigenvalue weighted by Gasteiger charge is 2.19. The zero-order chi connectivity index (χ0) is 8.39. The van der Waals surface area contributed by atoms with E-state index >= 15 is 0 Å². The molecular formula is C8H13N3O. The number of aryl methyl sites for hydroxylation is 1. The average molecular weight is 167 g/mol. The number of piperidine rings is 1. The van der Waals surface area contributed by atoms with Gasteiger partial charge in [0.15, 0.2) is 0 Å².